The van der Waals surface area contributed by atoms with Crippen molar-refractivity contribution in [2.24, 2.45) is 0 Å². The number of alkyl halides is 2. The fourth-order valence-electron chi connectivity index (χ4n) is 1.20. The van der Waals surface area contributed by atoms with Gasteiger partial charge in [0, 0.05) is 5.56 Å². The third kappa shape index (κ3) is 2.89. The average molecular weight is 235 g/mol. The molecule has 0 aliphatic carbocycles. The van der Waals surface area contributed by atoms with E-state index in [0.29, 0.717) is 0 Å². The highest BCUT2D eigenvalue weighted by Gasteiger charge is 2.36. The molecular formula is C10H9ClF2O2. The Bertz CT molecular complexity index is 391. The molecule has 0 aromatic heterocycles. The first-order valence-corrected chi connectivity index (χ1v) is 4.57. The quantitative estimate of drug-likeness (QED) is 0.872. The topological polar surface area (TPSA) is 37.3 Å². The van der Waals surface area contributed by atoms with E-state index in [9.17, 15) is 13.6 Å². The summed E-state index contributed by atoms with van der Waals surface area (Å²) in [6.45, 7) is 1.71. The van der Waals surface area contributed by atoms with Crippen molar-refractivity contribution in [3.63, 3.8) is 0 Å². The van der Waals surface area contributed by atoms with Crippen molar-refractivity contribution >= 4 is 17.6 Å². The van der Waals surface area contributed by atoms with Crippen LogP contribution in [0.15, 0.2) is 18.2 Å². The lowest BCUT2D eigenvalue weighted by atomic mass is 10.0. The van der Waals surface area contributed by atoms with Gasteiger partial charge in [-0.05, 0) is 18.6 Å². The summed E-state index contributed by atoms with van der Waals surface area (Å²) in [5.41, 5.74) is 0.298. The number of rotatable bonds is 3. The molecule has 5 heteroatoms. The number of hydrogen-bond acceptors (Lipinski definition) is 1. The van der Waals surface area contributed by atoms with Crippen molar-refractivity contribution in [3.8, 4) is 0 Å². The Labute approximate surface area is 90.5 Å². The lowest BCUT2D eigenvalue weighted by Crippen LogP contribution is -2.18. The summed E-state index contributed by atoms with van der Waals surface area (Å²) < 4.78 is 26.7. The molecule has 0 fully saturated rings. The van der Waals surface area contributed by atoms with Crippen LogP contribution in [0.2, 0.25) is 5.02 Å². The highest BCUT2D eigenvalue weighted by molar-refractivity contribution is 6.31. The van der Waals surface area contributed by atoms with Gasteiger partial charge in [0.15, 0.2) is 0 Å². The van der Waals surface area contributed by atoms with Crippen LogP contribution in [0.5, 0.6) is 0 Å². The summed E-state index contributed by atoms with van der Waals surface area (Å²) in [6, 6.07) is 4.00. The highest BCUT2D eigenvalue weighted by atomic mass is 35.5. The van der Waals surface area contributed by atoms with E-state index in [4.69, 9.17) is 16.7 Å². The number of aryl methyl sites for hydroxylation is 1. The van der Waals surface area contributed by atoms with Crippen LogP contribution < -0.4 is 0 Å². The van der Waals surface area contributed by atoms with E-state index in [1.807, 2.05) is 0 Å². The number of carboxylic acids is 1. The van der Waals surface area contributed by atoms with Crippen LogP contribution in [0.4, 0.5) is 8.78 Å². The molecule has 82 valence electrons. The highest BCUT2D eigenvalue weighted by Crippen LogP contribution is 2.36. The second kappa shape index (κ2) is 4.14. The largest absolute Gasteiger partial charge is 0.481 e. The molecule has 0 bridgehead atoms. The van der Waals surface area contributed by atoms with Crippen LogP contribution in [0.3, 0.4) is 0 Å². The minimum atomic E-state index is -3.43. The zero-order valence-corrected chi connectivity index (χ0v) is 8.68. The van der Waals surface area contributed by atoms with E-state index in [0.717, 1.165) is 11.6 Å². The maximum absolute atomic E-state index is 13.3. The number of hydrogen-bond donors (Lipinski definition) is 1. The number of halogens is 3. The zero-order valence-electron chi connectivity index (χ0n) is 7.93. The molecule has 0 radical (unpaired) electrons. The van der Waals surface area contributed by atoms with E-state index in [1.54, 1.807) is 6.92 Å². The Morgan fingerprint density at radius 3 is 2.60 bits per heavy atom. The standard InChI is InChI=1S/C10H9ClF2O2/c1-6-2-3-7(8(11)4-6)10(12,13)5-9(14)15/h2-4H,5H2,1H3,(H,14,15). The first kappa shape index (κ1) is 11.9. The molecule has 0 saturated carbocycles. The molecule has 1 N–H and O–H groups in total. The first-order valence-electron chi connectivity index (χ1n) is 4.19. The van der Waals surface area contributed by atoms with Crippen molar-refractivity contribution < 1.29 is 18.7 Å². The van der Waals surface area contributed by atoms with E-state index in [-0.39, 0.29) is 5.02 Å². The molecule has 1 aromatic rings. The summed E-state index contributed by atoms with van der Waals surface area (Å²) >= 11 is 5.62. The van der Waals surface area contributed by atoms with Gasteiger partial charge in [-0.25, -0.2) is 8.78 Å². The Morgan fingerprint density at radius 2 is 2.13 bits per heavy atom. The summed E-state index contributed by atoms with van der Waals surface area (Å²) in [5, 5.41) is 8.22. The number of carbonyl (C=O) groups is 1. The predicted octanol–water partition coefficient (Wildman–Crippen LogP) is 3.21. The van der Waals surface area contributed by atoms with Gasteiger partial charge in [0.1, 0.15) is 6.42 Å². The van der Waals surface area contributed by atoms with Crippen LogP contribution in [0.25, 0.3) is 0 Å². The van der Waals surface area contributed by atoms with Gasteiger partial charge in [-0.2, -0.15) is 0 Å². The third-order valence-corrected chi connectivity index (χ3v) is 2.20. The average Bonchev–Trinajstić information content (AvgIpc) is 1.99. The van der Waals surface area contributed by atoms with Gasteiger partial charge in [-0.3, -0.25) is 4.79 Å². The Balaban J connectivity index is 3.09. The minimum absolute atomic E-state index is 0.110. The number of carboxylic acid groups (broad SMARTS) is 1. The normalized spacial score (nSPS) is 11.5. The van der Waals surface area contributed by atoms with Crippen LogP contribution in [0, 0.1) is 6.92 Å². The lowest BCUT2D eigenvalue weighted by Gasteiger charge is -2.16. The van der Waals surface area contributed by atoms with Crippen molar-refractivity contribution in [2.75, 3.05) is 0 Å². The summed E-state index contributed by atoms with van der Waals surface area (Å²) in [6.07, 6.45) is -1.25. The van der Waals surface area contributed by atoms with Gasteiger partial charge in [-0.15, -0.1) is 0 Å². The molecule has 0 atom stereocenters. The summed E-state index contributed by atoms with van der Waals surface area (Å²) in [5.74, 6) is -4.99. The Hall–Kier alpha value is -1.16. The minimum Gasteiger partial charge on any atom is -0.481 e. The molecule has 0 spiro atoms. The van der Waals surface area contributed by atoms with Crippen LogP contribution in [0.1, 0.15) is 17.5 Å². The van der Waals surface area contributed by atoms with Gasteiger partial charge in [0.2, 0.25) is 0 Å². The van der Waals surface area contributed by atoms with Gasteiger partial charge >= 0.3 is 5.97 Å². The molecule has 1 rings (SSSR count). The van der Waals surface area contributed by atoms with Crippen LogP contribution >= 0.6 is 11.6 Å². The van der Waals surface area contributed by atoms with E-state index < -0.39 is 23.9 Å². The monoisotopic (exact) mass is 234 g/mol. The molecule has 0 aliphatic heterocycles. The Morgan fingerprint density at radius 1 is 1.53 bits per heavy atom. The van der Waals surface area contributed by atoms with E-state index in [1.165, 1.54) is 12.1 Å². The molecule has 0 unspecified atom stereocenters. The lowest BCUT2D eigenvalue weighted by molar-refractivity contribution is -0.145. The van der Waals surface area contributed by atoms with Gasteiger partial charge in [-0.1, -0.05) is 23.7 Å². The summed E-state index contributed by atoms with van der Waals surface area (Å²) in [4.78, 5) is 10.2. The first-order chi connectivity index (χ1) is 6.83. The maximum Gasteiger partial charge on any atom is 0.309 e. The molecule has 15 heavy (non-hydrogen) atoms. The van der Waals surface area contributed by atoms with E-state index in [2.05, 4.69) is 0 Å². The maximum atomic E-state index is 13.3. The molecular weight excluding hydrogens is 226 g/mol. The van der Waals surface area contributed by atoms with Gasteiger partial charge in [0.05, 0.1) is 5.02 Å². The molecule has 2 nitrogen and oxygen atoms in total. The fraction of sp³-hybridized carbons (Fsp3) is 0.300. The zero-order chi connectivity index (χ0) is 11.6. The second-order valence-corrected chi connectivity index (χ2v) is 3.67. The van der Waals surface area contributed by atoms with Gasteiger partial charge < -0.3 is 5.11 Å². The molecule has 0 amide bonds. The Kier molecular flexibility index (Phi) is 3.29. The molecule has 1 aromatic carbocycles. The predicted molar refractivity (Wildman–Crippen MR) is 52.3 cm³/mol. The van der Waals surface area contributed by atoms with E-state index >= 15 is 0 Å². The van der Waals surface area contributed by atoms with Crippen molar-refractivity contribution in [1.82, 2.24) is 0 Å². The van der Waals surface area contributed by atoms with Crippen LogP contribution in [-0.4, -0.2) is 11.1 Å². The third-order valence-electron chi connectivity index (χ3n) is 1.89. The number of aliphatic carboxylic acids is 1. The number of benzene rings is 1. The smallest absolute Gasteiger partial charge is 0.309 e. The second-order valence-electron chi connectivity index (χ2n) is 3.26. The molecule has 0 heterocycles. The van der Waals surface area contributed by atoms with Crippen molar-refractivity contribution in [3.05, 3.63) is 34.3 Å². The molecule has 0 aliphatic rings. The summed E-state index contributed by atoms with van der Waals surface area (Å²) in [7, 11) is 0. The van der Waals surface area contributed by atoms with Crippen molar-refractivity contribution in [2.45, 2.75) is 19.3 Å². The van der Waals surface area contributed by atoms with Crippen LogP contribution in [-0.2, 0) is 10.7 Å². The van der Waals surface area contributed by atoms with Gasteiger partial charge in [0.25, 0.3) is 5.92 Å². The molecule has 0 saturated heterocycles. The fourth-order valence-corrected chi connectivity index (χ4v) is 1.58. The van der Waals surface area contributed by atoms with Crippen molar-refractivity contribution in [1.29, 1.82) is 0 Å². The SMILES string of the molecule is Cc1ccc(C(F)(F)CC(=O)O)c(Cl)c1.